The summed E-state index contributed by atoms with van der Waals surface area (Å²) < 4.78 is 0. The molecule has 0 N–H and O–H groups in total. The van der Waals surface area contributed by atoms with Crippen molar-refractivity contribution >= 4 is 18.6 Å². The van der Waals surface area contributed by atoms with Crippen LogP contribution < -0.4 is 0 Å². The van der Waals surface area contributed by atoms with E-state index in [1.807, 2.05) is 13.0 Å². The van der Waals surface area contributed by atoms with Crippen LogP contribution in [0.2, 0.25) is 0 Å². The molecule has 0 aliphatic heterocycles. The van der Waals surface area contributed by atoms with Crippen molar-refractivity contribution in [3.63, 3.8) is 0 Å². The number of hydrogen-bond donors (Lipinski definition) is 0. The quantitative estimate of drug-likeness (QED) is 0.222. The first-order chi connectivity index (χ1) is 12.0. The van der Waals surface area contributed by atoms with Gasteiger partial charge in [-0.25, -0.2) is 5.57 Å². The second kappa shape index (κ2) is 11.8. The maximum atomic E-state index is 4.89. The molecule has 0 spiro atoms. The average Bonchev–Trinajstić information content (AvgIpc) is 3.00. The van der Waals surface area contributed by atoms with Crippen LogP contribution in [-0.4, -0.2) is 0 Å². The summed E-state index contributed by atoms with van der Waals surface area (Å²) in [5, 5.41) is 0. The van der Waals surface area contributed by atoms with E-state index in [2.05, 4.69) is 76.2 Å². The fraction of sp³-hybridized carbons (Fsp3) is 0.273. The predicted molar refractivity (Wildman–Crippen MR) is 107 cm³/mol. The molecule has 0 bridgehead atoms. The van der Waals surface area contributed by atoms with E-state index >= 15 is 0 Å². The molecule has 0 unspecified atom stereocenters. The minimum Gasteiger partial charge on any atom is -0.179 e. The molecule has 0 radical (unpaired) electrons. The van der Waals surface area contributed by atoms with Crippen LogP contribution in [0.5, 0.6) is 0 Å². The smallest absolute Gasteiger partial charge is 0.0253 e. The van der Waals surface area contributed by atoms with Gasteiger partial charge in [0.15, 0.2) is 0 Å². The minimum absolute atomic E-state index is 0.556. The Morgan fingerprint density at radius 3 is 2.16 bits per heavy atom. The normalized spacial score (nSPS) is 11.1. The van der Waals surface area contributed by atoms with Gasteiger partial charge >= 0.3 is 35.6 Å². The van der Waals surface area contributed by atoms with Crippen molar-refractivity contribution in [3.8, 4) is 11.1 Å². The molecule has 0 aromatic heterocycles. The van der Waals surface area contributed by atoms with Crippen molar-refractivity contribution in [2.75, 3.05) is 0 Å². The molecular weight excluding hydrogens is 383 g/mol. The third-order valence-corrected chi connectivity index (χ3v) is 4.30. The van der Waals surface area contributed by atoms with E-state index in [1.54, 1.807) is 0 Å². The van der Waals surface area contributed by atoms with Crippen LogP contribution in [0.4, 0.5) is 0 Å². The topological polar surface area (TPSA) is 0 Å². The Balaban J connectivity index is 0.000000230. The molecule has 0 saturated carbocycles. The number of fused-ring (bicyclic) bond motifs is 3. The molecule has 3 heteroatoms. The fourth-order valence-corrected chi connectivity index (χ4v) is 2.56. The number of hydrogen-bond acceptors (Lipinski definition) is 0. The fourth-order valence-electron chi connectivity index (χ4n) is 2.56. The zero-order chi connectivity index (χ0) is 18.8. The monoisotopic (exact) mass is 406 g/mol. The van der Waals surface area contributed by atoms with Gasteiger partial charge in [-0.1, -0.05) is 56.2 Å². The van der Waals surface area contributed by atoms with Gasteiger partial charge in [-0.05, 0) is 6.42 Å². The van der Waals surface area contributed by atoms with E-state index in [1.165, 1.54) is 39.0 Å². The summed E-state index contributed by atoms with van der Waals surface area (Å²) in [6.45, 7) is 10.4. The maximum Gasteiger partial charge on any atom is -0.0253 e. The first-order valence-electron chi connectivity index (χ1n) is 8.16. The van der Waals surface area contributed by atoms with Gasteiger partial charge < -0.3 is 0 Å². The molecule has 25 heavy (non-hydrogen) atoms. The molecular formula is C22H24Cl2Ti-2. The van der Waals surface area contributed by atoms with Crippen LogP contribution in [0.3, 0.4) is 0 Å². The Morgan fingerprint density at radius 1 is 1.00 bits per heavy atom. The number of rotatable bonds is 1. The van der Waals surface area contributed by atoms with Gasteiger partial charge in [-0.2, -0.15) is 41.0 Å². The van der Waals surface area contributed by atoms with Gasteiger partial charge in [0.25, 0.3) is 0 Å². The molecule has 0 nitrogen and oxygen atoms in total. The molecule has 0 atom stereocenters. The zero-order valence-electron chi connectivity index (χ0n) is 15.5. The van der Waals surface area contributed by atoms with Crippen molar-refractivity contribution in [2.24, 2.45) is 0 Å². The SMILES string of the molecule is C[C-]=C(C)C(C)=C(C)C.[Cl][Ti][Cl].[c-]1cccc2c1Cc1ccccc1-2. The van der Waals surface area contributed by atoms with Gasteiger partial charge in [0.2, 0.25) is 0 Å². The maximum absolute atomic E-state index is 4.89. The number of halogens is 2. The van der Waals surface area contributed by atoms with Crippen molar-refractivity contribution in [3.05, 3.63) is 82.5 Å². The van der Waals surface area contributed by atoms with Crippen LogP contribution in [-0.2, 0) is 23.5 Å². The van der Waals surface area contributed by atoms with E-state index in [0.29, 0.717) is 0 Å². The Morgan fingerprint density at radius 2 is 1.60 bits per heavy atom. The number of benzene rings is 2. The molecule has 2 aromatic carbocycles. The van der Waals surface area contributed by atoms with Crippen LogP contribution in [0, 0.1) is 12.1 Å². The first kappa shape index (κ1) is 22.3. The summed E-state index contributed by atoms with van der Waals surface area (Å²) in [4.78, 5) is 0. The molecule has 1 aliphatic rings. The Hall–Kier alpha value is -0.786. The summed E-state index contributed by atoms with van der Waals surface area (Å²) in [6, 6.07) is 18.1. The van der Waals surface area contributed by atoms with Crippen LogP contribution >= 0.6 is 18.6 Å². The van der Waals surface area contributed by atoms with Crippen molar-refractivity contribution in [1.29, 1.82) is 0 Å². The summed E-state index contributed by atoms with van der Waals surface area (Å²) in [5.41, 5.74) is 9.51. The van der Waals surface area contributed by atoms with Gasteiger partial charge in [0, 0.05) is 0 Å². The summed E-state index contributed by atoms with van der Waals surface area (Å²) in [7, 11) is 9.78. The van der Waals surface area contributed by atoms with Crippen molar-refractivity contribution in [1.82, 2.24) is 0 Å². The molecule has 2 aromatic rings. The zero-order valence-corrected chi connectivity index (χ0v) is 18.6. The predicted octanol–water partition coefficient (Wildman–Crippen LogP) is 7.55. The largest absolute Gasteiger partial charge is 0.179 e. The van der Waals surface area contributed by atoms with Gasteiger partial charge in [-0.3, -0.25) is 6.08 Å². The third-order valence-electron chi connectivity index (χ3n) is 4.30. The van der Waals surface area contributed by atoms with E-state index in [9.17, 15) is 0 Å². The summed E-state index contributed by atoms with van der Waals surface area (Å²) in [6.07, 6.45) is 4.15. The van der Waals surface area contributed by atoms with Gasteiger partial charge in [0.1, 0.15) is 0 Å². The first-order valence-corrected chi connectivity index (χ1v) is 12.5. The molecule has 0 amide bonds. The van der Waals surface area contributed by atoms with Gasteiger partial charge in [0.05, 0.1) is 0 Å². The van der Waals surface area contributed by atoms with Crippen LogP contribution in [0.25, 0.3) is 11.1 Å². The molecule has 3 rings (SSSR count). The van der Waals surface area contributed by atoms with Crippen molar-refractivity contribution in [2.45, 2.75) is 41.0 Å². The standard InChI is InChI=1S/C13H9.C9H15.2ClH.Ti/c1-3-7-12-10(5-1)9-11-6-2-4-8-13(11)12;1-6-8(4)9(5)7(2)3;;;/h1-5,7-8H,9H2;1-5H3;2*1H;/q2*-1;;;+2/p-2. The van der Waals surface area contributed by atoms with Crippen LogP contribution in [0.1, 0.15) is 45.7 Å². The third kappa shape index (κ3) is 6.79. The summed E-state index contributed by atoms with van der Waals surface area (Å²) in [5.74, 6) is 0. The molecule has 132 valence electrons. The molecule has 1 aliphatic carbocycles. The van der Waals surface area contributed by atoms with Crippen molar-refractivity contribution < 1.29 is 17.0 Å². The summed E-state index contributed by atoms with van der Waals surface area (Å²) >= 11 is -0.556. The Kier molecular flexibility index (Phi) is 10.5. The average molecular weight is 407 g/mol. The van der Waals surface area contributed by atoms with Crippen LogP contribution in [0.15, 0.2) is 59.2 Å². The molecule has 0 fully saturated rings. The second-order valence-corrected chi connectivity index (χ2v) is 8.55. The minimum atomic E-state index is -0.556. The van der Waals surface area contributed by atoms with E-state index in [0.717, 1.165) is 6.42 Å². The number of allylic oxidation sites excluding steroid dienone is 4. The van der Waals surface area contributed by atoms with E-state index in [4.69, 9.17) is 18.6 Å². The van der Waals surface area contributed by atoms with E-state index < -0.39 is 17.0 Å². The van der Waals surface area contributed by atoms with E-state index in [-0.39, 0.29) is 0 Å². The second-order valence-electron chi connectivity index (χ2n) is 5.97. The van der Waals surface area contributed by atoms with Gasteiger partial charge in [-0.15, -0.1) is 19.4 Å². The molecule has 0 saturated heterocycles. The Labute approximate surface area is 169 Å². The Bertz CT molecular complexity index is 698. The molecule has 0 heterocycles.